The summed E-state index contributed by atoms with van der Waals surface area (Å²) >= 11 is 0. The topological polar surface area (TPSA) is 109 Å². The maximum atomic E-state index is 13.6. The number of furan rings is 1. The monoisotopic (exact) mass is 481 g/mol. The first-order chi connectivity index (χ1) is 15.5. The maximum Gasteiger partial charge on any atom is 0.418 e. The van der Waals surface area contributed by atoms with Crippen molar-refractivity contribution < 1.29 is 35.6 Å². The molecule has 0 saturated carbocycles. The van der Waals surface area contributed by atoms with Crippen LogP contribution >= 0.6 is 0 Å². The van der Waals surface area contributed by atoms with Crippen molar-refractivity contribution in [1.82, 2.24) is 4.31 Å². The number of benzene rings is 2. The van der Waals surface area contributed by atoms with Crippen LogP contribution in [0.2, 0.25) is 0 Å². The highest BCUT2D eigenvalue weighted by molar-refractivity contribution is 7.89. The van der Waals surface area contributed by atoms with E-state index in [0.29, 0.717) is 6.07 Å². The normalized spacial score (nSPS) is 11.9. The summed E-state index contributed by atoms with van der Waals surface area (Å²) in [4.78, 5) is 24.3. The minimum atomic E-state index is -4.87. The molecule has 0 saturated heterocycles. The smallest absolute Gasteiger partial charge is 0.418 e. The Hall–Kier alpha value is -3.64. The molecule has 12 heteroatoms. The summed E-state index contributed by atoms with van der Waals surface area (Å²) in [5, 5.41) is 4.36. The Morgan fingerprint density at radius 3 is 2.30 bits per heavy atom. The zero-order chi connectivity index (χ0) is 24.2. The number of alkyl halides is 3. The number of carbonyl (C=O) groups is 2. The first kappa shape index (κ1) is 24.0. The minimum absolute atomic E-state index is 0.0621. The third-order valence-electron chi connectivity index (χ3n) is 4.42. The summed E-state index contributed by atoms with van der Waals surface area (Å²) in [7, 11) is -2.87. The Morgan fingerprint density at radius 2 is 1.70 bits per heavy atom. The predicted molar refractivity (Wildman–Crippen MR) is 113 cm³/mol. The second-order valence-electron chi connectivity index (χ2n) is 6.81. The molecule has 2 aromatic carbocycles. The molecule has 33 heavy (non-hydrogen) atoms. The van der Waals surface area contributed by atoms with Gasteiger partial charge in [0.25, 0.3) is 5.91 Å². The number of hydrogen-bond donors (Lipinski definition) is 2. The number of amides is 2. The number of nitrogens with zero attached hydrogens (tertiary/aromatic N) is 1. The van der Waals surface area contributed by atoms with E-state index >= 15 is 0 Å². The van der Waals surface area contributed by atoms with E-state index in [9.17, 15) is 31.2 Å². The van der Waals surface area contributed by atoms with Crippen LogP contribution in [0, 0.1) is 0 Å². The van der Waals surface area contributed by atoms with Gasteiger partial charge in [-0.1, -0.05) is 18.2 Å². The van der Waals surface area contributed by atoms with Gasteiger partial charge >= 0.3 is 6.18 Å². The van der Waals surface area contributed by atoms with Crippen molar-refractivity contribution in [3.63, 3.8) is 0 Å². The second-order valence-corrected chi connectivity index (χ2v) is 8.86. The van der Waals surface area contributed by atoms with Crippen LogP contribution in [0.25, 0.3) is 0 Å². The third-order valence-corrected chi connectivity index (χ3v) is 6.24. The Bertz CT molecular complexity index is 1240. The van der Waals surface area contributed by atoms with Gasteiger partial charge in [0, 0.05) is 12.7 Å². The molecule has 0 fully saturated rings. The molecule has 0 unspecified atom stereocenters. The van der Waals surface area contributed by atoms with Crippen LogP contribution in [-0.4, -0.2) is 38.1 Å². The van der Waals surface area contributed by atoms with Gasteiger partial charge in [-0.05, 0) is 42.5 Å². The number of rotatable bonds is 7. The van der Waals surface area contributed by atoms with Crippen molar-refractivity contribution in [2.45, 2.75) is 11.1 Å². The van der Waals surface area contributed by atoms with E-state index in [1.54, 1.807) is 6.07 Å². The minimum Gasteiger partial charge on any atom is -0.459 e. The van der Waals surface area contributed by atoms with Gasteiger partial charge in [-0.3, -0.25) is 9.59 Å². The summed E-state index contributed by atoms with van der Waals surface area (Å²) in [5.74, 6) is -1.82. The molecule has 0 spiro atoms. The summed E-state index contributed by atoms with van der Waals surface area (Å²) in [6.07, 6.45) is -3.63. The zero-order valence-corrected chi connectivity index (χ0v) is 17.9. The van der Waals surface area contributed by atoms with E-state index in [0.717, 1.165) is 23.5 Å². The number of anilines is 2. The number of sulfonamides is 1. The molecule has 3 rings (SSSR count). The van der Waals surface area contributed by atoms with Gasteiger partial charge in [0.05, 0.1) is 29.0 Å². The van der Waals surface area contributed by atoms with Gasteiger partial charge < -0.3 is 15.1 Å². The first-order valence-electron chi connectivity index (χ1n) is 9.36. The molecule has 0 aliphatic carbocycles. The van der Waals surface area contributed by atoms with Gasteiger partial charge in [-0.2, -0.15) is 17.5 Å². The first-order valence-corrected chi connectivity index (χ1v) is 10.8. The lowest BCUT2D eigenvalue weighted by molar-refractivity contribution is -0.136. The summed E-state index contributed by atoms with van der Waals surface area (Å²) in [6.45, 7) is -0.717. The average Bonchev–Trinajstić information content (AvgIpc) is 3.29. The van der Waals surface area contributed by atoms with Gasteiger partial charge in [-0.25, -0.2) is 8.42 Å². The zero-order valence-electron chi connectivity index (χ0n) is 17.1. The van der Waals surface area contributed by atoms with Crippen molar-refractivity contribution >= 4 is 33.2 Å². The molecule has 0 aliphatic rings. The highest BCUT2D eigenvalue weighted by Crippen LogP contribution is 2.36. The number of hydrogen-bond acceptors (Lipinski definition) is 5. The molecular weight excluding hydrogens is 463 g/mol. The Labute approximate surface area is 187 Å². The van der Waals surface area contributed by atoms with Crippen LogP contribution in [0.15, 0.2) is 76.2 Å². The second kappa shape index (κ2) is 9.46. The largest absolute Gasteiger partial charge is 0.459 e. The molecule has 174 valence electrons. The molecule has 1 aromatic heterocycles. The van der Waals surface area contributed by atoms with E-state index in [2.05, 4.69) is 10.6 Å². The molecule has 0 bridgehead atoms. The van der Waals surface area contributed by atoms with Crippen LogP contribution < -0.4 is 10.6 Å². The molecule has 2 amide bonds. The lowest BCUT2D eigenvalue weighted by Crippen LogP contribution is -2.35. The number of halogens is 3. The van der Waals surface area contributed by atoms with Crippen molar-refractivity contribution in [2.24, 2.45) is 0 Å². The molecule has 0 radical (unpaired) electrons. The quantitative estimate of drug-likeness (QED) is 0.534. The third kappa shape index (κ3) is 5.79. The number of nitrogens with one attached hydrogen (secondary N) is 2. The fourth-order valence-electron chi connectivity index (χ4n) is 2.82. The maximum absolute atomic E-state index is 13.6. The van der Waals surface area contributed by atoms with Crippen LogP contribution in [-0.2, 0) is 21.0 Å². The van der Waals surface area contributed by atoms with Crippen LogP contribution in [0.5, 0.6) is 0 Å². The van der Waals surface area contributed by atoms with Crippen LogP contribution in [0.4, 0.5) is 24.5 Å². The molecule has 0 aliphatic heterocycles. The summed E-state index contributed by atoms with van der Waals surface area (Å²) in [5.41, 5.74) is -1.99. The Kier molecular flexibility index (Phi) is 6.89. The van der Waals surface area contributed by atoms with Crippen molar-refractivity contribution in [3.8, 4) is 0 Å². The van der Waals surface area contributed by atoms with E-state index < -0.39 is 45.8 Å². The Morgan fingerprint density at radius 1 is 1.00 bits per heavy atom. The molecule has 8 nitrogen and oxygen atoms in total. The van der Waals surface area contributed by atoms with E-state index in [1.807, 2.05) is 0 Å². The van der Waals surface area contributed by atoms with Crippen molar-refractivity contribution in [2.75, 3.05) is 24.2 Å². The Balaban J connectivity index is 1.76. The number of carbonyl (C=O) groups excluding carboxylic acids is 2. The van der Waals surface area contributed by atoms with Gasteiger partial charge in [0.2, 0.25) is 15.9 Å². The van der Waals surface area contributed by atoms with E-state index in [4.69, 9.17) is 4.42 Å². The van der Waals surface area contributed by atoms with Crippen LogP contribution in [0.1, 0.15) is 16.1 Å². The highest BCUT2D eigenvalue weighted by atomic mass is 32.2. The van der Waals surface area contributed by atoms with Crippen LogP contribution in [0.3, 0.4) is 0 Å². The lowest BCUT2D eigenvalue weighted by Gasteiger charge is -2.19. The molecular formula is C21H18F3N3O5S. The standard InChI is InChI=1S/C21H18F3N3O5S/c1-27(33(30,31)15-6-3-2-4-7-15)13-19(28)26-17-10-9-14(12-16(17)21(22,23)24)25-20(29)18-8-5-11-32-18/h2-12H,13H2,1H3,(H,25,29)(H,26,28). The fourth-order valence-corrected chi connectivity index (χ4v) is 3.96. The molecule has 0 atom stereocenters. The SMILES string of the molecule is CN(CC(=O)Nc1ccc(NC(=O)c2ccco2)cc1C(F)(F)F)S(=O)(=O)c1ccccc1. The van der Waals surface area contributed by atoms with E-state index in [-0.39, 0.29) is 16.3 Å². The molecule has 3 aromatic rings. The summed E-state index contributed by atoms with van der Waals surface area (Å²) < 4.78 is 71.4. The van der Waals surface area contributed by atoms with Crippen molar-refractivity contribution in [1.29, 1.82) is 0 Å². The lowest BCUT2D eigenvalue weighted by atomic mass is 10.1. The van der Waals surface area contributed by atoms with E-state index in [1.165, 1.54) is 42.7 Å². The predicted octanol–water partition coefficient (Wildman–Crippen LogP) is 3.81. The van der Waals surface area contributed by atoms with Gasteiger partial charge in [-0.15, -0.1) is 0 Å². The summed E-state index contributed by atoms with van der Waals surface area (Å²) in [6, 6.07) is 12.9. The number of likely N-dealkylation sites (N-methyl/N-ethyl adjacent to an activating group) is 1. The van der Waals surface area contributed by atoms with Gasteiger partial charge in [0.1, 0.15) is 0 Å². The van der Waals surface area contributed by atoms with Crippen molar-refractivity contribution in [3.05, 3.63) is 78.3 Å². The highest BCUT2D eigenvalue weighted by Gasteiger charge is 2.35. The molecule has 1 heterocycles. The average molecular weight is 481 g/mol. The van der Waals surface area contributed by atoms with Gasteiger partial charge in [0.15, 0.2) is 5.76 Å². The fraction of sp³-hybridized carbons (Fsp3) is 0.143. The molecule has 2 N–H and O–H groups in total.